The van der Waals surface area contributed by atoms with Gasteiger partial charge >= 0.3 is 0 Å². The van der Waals surface area contributed by atoms with Gasteiger partial charge in [-0.25, -0.2) is 0 Å². The summed E-state index contributed by atoms with van der Waals surface area (Å²) in [7, 11) is 0. The Morgan fingerprint density at radius 2 is 2.08 bits per heavy atom. The fraction of sp³-hybridized carbons (Fsp3) is 0.250. The van der Waals surface area contributed by atoms with Crippen LogP contribution in [0.5, 0.6) is 0 Å². The molecule has 3 heterocycles. The lowest BCUT2D eigenvalue weighted by Gasteiger charge is -2.26. The molecular formula is C20H20N4O2. The maximum Gasteiger partial charge on any atom is 0.272 e. The number of fused-ring (bicyclic) bond motifs is 1. The van der Waals surface area contributed by atoms with E-state index in [1.54, 1.807) is 23.2 Å². The molecule has 0 fully saturated rings. The number of benzene rings is 1. The number of aromatic nitrogens is 2. The third-order valence-electron chi connectivity index (χ3n) is 4.65. The van der Waals surface area contributed by atoms with E-state index in [4.69, 9.17) is 4.52 Å². The quantitative estimate of drug-likeness (QED) is 0.780. The first-order chi connectivity index (χ1) is 12.8. The SMILES string of the molecule is CCc1ccccc1Nc1noc2c1CN(C(=O)c1ccccn1)CC2. The molecule has 0 radical (unpaired) electrons. The van der Waals surface area contributed by atoms with Crippen molar-refractivity contribution in [3.05, 3.63) is 71.2 Å². The standard InChI is InChI=1S/C20H20N4O2/c1-2-14-7-3-4-8-16(14)22-19-15-13-24(12-10-18(15)26-23-19)20(25)17-9-5-6-11-21-17/h3-9,11H,2,10,12-13H2,1H3,(H,22,23). The third kappa shape index (κ3) is 3.06. The molecule has 3 aromatic rings. The van der Waals surface area contributed by atoms with E-state index in [1.165, 1.54) is 5.56 Å². The van der Waals surface area contributed by atoms with E-state index in [1.807, 2.05) is 24.3 Å². The van der Waals surface area contributed by atoms with Crippen LogP contribution in [0.3, 0.4) is 0 Å². The van der Waals surface area contributed by atoms with Crippen molar-refractivity contribution >= 4 is 17.4 Å². The molecule has 1 aromatic carbocycles. The molecule has 0 spiro atoms. The minimum atomic E-state index is -0.0719. The number of nitrogens with one attached hydrogen (secondary N) is 1. The molecule has 1 aliphatic heterocycles. The average Bonchev–Trinajstić information content (AvgIpc) is 3.10. The van der Waals surface area contributed by atoms with E-state index in [2.05, 4.69) is 28.4 Å². The minimum Gasteiger partial charge on any atom is -0.359 e. The molecule has 0 aliphatic carbocycles. The van der Waals surface area contributed by atoms with E-state index in [0.29, 0.717) is 31.0 Å². The highest BCUT2D eigenvalue weighted by Crippen LogP contribution is 2.30. The van der Waals surface area contributed by atoms with Gasteiger partial charge in [-0.3, -0.25) is 9.78 Å². The monoisotopic (exact) mass is 348 g/mol. The van der Waals surface area contributed by atoms with Crippen molar-refractivity contribution < 1.29 is 9.32 Å². The van der Waals surface area contributed by atoms with E-state index in [9.17, 15) is 4.79 Å². The molecule has 0 atom stereocenters. The van der Waals surface area contributed by atoms with Gasteiger partial charge in [-0.2, -0.15) is 0 Å². The highest BCUT2D eigenvalue weighted by molar-refractivity contribution is 5.92. The number of nitrogens with zero attached hydrogens (tertiary/aromatic N) is 3. The highest BCUT2D eigenvalue weighted by atomic mass is 16.5. The van der Waals surface area contributed by atoms with Gasteiger partial charge in [0.25, 0.3) is 5.91 Å². The largest absolute Gasteiger partial charge is 0.359 e. The molecule has 0 saturated heterocycles. The fourth-order valence-corrected chi connectivity index (χ4v) is 3.21. The summed E-state index contributed by atoms with van der Waals surface area (Å²) in [6, 6.07) is 13.5. The second-order valence-corrected chi connectivity index (χ2v) is 6.26. The first kappa shape index (κ1) is 16.3. The van der Waals surface area contributed by atoms with Crippen molar-refractivity contribution in [3.8, 4) is 0 Å². The zero-order valence-corrected chi connectivity index (χ0v) is 14.6. The van der Waals surface area contributed by atoms with E-state index in [-0.39, 0.29) is 5.91 Å². The maximum absolute atomic E-state index is 12.7. The topological polar surface area (TPSA) is 71.3 Å². The van der Waals surface area contributed by atoms with E-state index < -0.39 is 0 Å². The maximum atomic E-state index is 12.7. The molecule has 4 rings (SSSR count). The Balaban J connectivity index is 1.58. The smallest absolute Gasteiger partial charge is 0.272 e. The molecule has 1 N–H and O–H groups in total. The van der Waals surface area contributed by atoms with Gasteiger partial charge in [0.1, 0.15) is 11.5 Å². The minimum absolute atomic E-state index is 0.0719. The Morgan fingerprint density at radius 3 is 2.88 bits per heavy atom. The summed E-state index contributed by atoms with van der Waals surface area (Å²) in [6.45, 7) is 3.18. The van der Waals surface area contributed by atoms with Crippen LogP contribution in [0.1, 0.15) is 34.3 Å². The lowest BCUT2D eigenvalue weighted by atomic mass is 10.1. The molecule has 1 amide bonds. The number of rotatable bonds is 4. The molecule has 1 aliphatic rings. The number of anilines is 2. The highest BCUT2D eigenvalue weighted by Gasteiger charge is 2.28. The van der Waals surface area contributed by atoms with Crippen LogP contribution in [0.15, 0.2) is 53.2 Å². The summed E-state index contributed by atoms with van der Waals surface area (Å²) >= 11 is 0. The molecule has 0 bridgehead atoms. The van der Waals surface area contributed by atoms with Gasteiger partial charge in [0.15, 0.2) is 5.82 Å². The van der Waals surface area contributed by atoms with Crippen LogP contribution >= 0.6 is 0 Å². The van der Waals surface area contributed by atoms with Crippen molar-refractivity contribution in [2.24, 2.45) is 0 Å². The summed E-state index contributed by atoms with van der Waals surface area (Å²) in [6.07, 6.45) is 3.21. The molecular weight excluding hydrogens is 328 g/mol. The molecule has 6 heteroatoms. The average molecular weight is 348 g/mol. The predicted octanol–water partition coefficient (Wildman–Crippen LogP) is 3.57. The molecule has 0 saturated carbocycles. The van der Waals surface area contributed by atoms with Crippen molar-refractivity contribution in [1.29, 1.82) is 0 Å². The fourth-order valence-electron chi connectivity index (χ4n) is 3.21. The Bertz CT molecular complexity index is 921. The number of pyridine rings is 1. The van der Waals surface area contributed by atoms with Gasteiger partial charge in [-0.05, 0) is 30.2 Å². The summed E-state index contributed by atoms with van der Waals surface area (Å²) in [4.78, 5) is 18.6. The van der Waals surface area contributed by atoms with Crippen LogP contribution < -0.4 is 5.32 Å². The van der Waals surface area contributed by atoms with Gasteiger partial charge in [0, 0.05) is 24.8 Å². The number of hydrogen-bond acceptors (Lipinski definition) is 5. The molecule has 132 valence electrons. The van der Waals surface area contributed by atoms with Crippen molar-refractivity contribution in [2.75, 3.05) is 11.9 Å². The molecule has 2 aromatic heterocycles. The van der Waals surface area contributed by atoms with Crippen molar-refractivity contribution in [3.63, 3.8) is 0 Å². The molecule has 6 nitrogen and oxygen atoms in total. The van der Waals surface area contributed by atoms with E-state index in [0.717, 1.165) is 23.4 Å². The summed E-state index contributed by atoms with van der Waals surface area (Å²) < 4.78 is 5.50. The lowest BCUT2D eigenvalue weighted by molar-refractivity contribution is 0.0723. The zero-order chi connectivity index (χ0) is 17.9. The number of hydrogen-bond donors (Lipinski definition) is 1. The second-order valence-electron chi connectivity index (χ2n) is 6.26. The number of amides is 1. The number of aryl methyl sites for hydroxylation is 1. The molecule has 0 unspecified atom stereocenters. The van der Waals surface area contributed by atoms with Gasteiger partial charge in [0.05, 0.1) is 12.1 Å². The van der Waals surface area contributed by atoms with Crippen LogP contribution in [0.25, 0.3) is 0 Å². The lowest BCUT2D eigenvalue weighted by Crippen LogP contribution is -2.36. The second kappa shape index (κ2) is 7.00. The number of carbonyl (C=O) groups excluding carboxylic acids is 1. The number of para-hydroxylation sites is 1. The zero-order valence-electron chi connectivity index (χ0n) is 14.6. The first-order valence-electron chi connectivity index (χ1n) is 8.79. The van der Waals surface area contributed by atoms with Gasteiger partial charge < -0.3 is 14.7 Å². The Labute approximate surface area is 151 Å². The summed E-state index contributed by atoms with van der Waals surface area (Å²) in [5, 5.41) is 7.57. The Morgan fingerprint density at radius 1 is 1.23 bits per heavy atom. The number of carbonyl (C=O) groups is 1. The van der Waals surface area contributed by atoms with Crippen LogP contribution in [-0.4, -0.2) is 27.5 Å². The van der Waals surface area contributed by atoms with Crippen LogP contribution in [-0.2, 0) is 19.4 Å². The third-order valence-corrected chi connectivity index (χ3v) is 4.65. The van der Waals surface area contributed by atoms with Crippen molar-refractivity contribution in [2.45, 2.75) is 26.3 Å². The Hall–Kier alpha value is -3.15. The first-order valence-corrected chi connectivity index (χ1v) is 8.79. The van der Waals surface area contributed by atoms with Gasteiger partial charge in [-0.15, -0.1) is 0 Å². The normalized spacial score (nSPS) is 13.3. The van der Waals surface area contributed by atoms with Crippen LogP contribution in [0.4, 0.5) is 11.5 Å². The summed E-state index contributed by atoms with van der Waals surface area (Å²) in [5.74, 6) is 1.45. The van der Waals surface area contributed by atoms with Crippen molar-refractivity contribution in [1.82, 2.24) is 15.0 Å². The predicted molar refractivity (Wildman–Crippen MR) is 98.3 cm³/mol. The van der Waals surface area contributed by atoms with Crippen LogP contribution in [0.2, 0.25) is 0 Å². The summed E-state index contributed by atoms with van der Waals surface area (Å²) in [5.41, 5.74) is 3.62. The molecule has 26 heavy (non-hydrogen) atoms. The Kier molecular flexibility index (Phi) is 4.39. The van der Waals surface area contributed by atoms with Crippen LogP contribution in [0, 0.1) is 0 Å². The van der Waals surface area contributed by atoms with E-state index >= 15 is 0 Å². The van der Waals surface area contributed by atoms with Gasteiger partial charge in [0.2, 0.25) is 0 Å². The van der Waals surface area contributed by atoms with Gasteiger partial charge in [-0.1, -0.05) is 36.3 Å².